The summed E-state index contributed by atoms with van der Waals surface area (Å²) < 4.78 is 45.4. The molecule has 1 unspecified atom stereocenters. The molecule has 0 radical (unpaired) electrons. The number of hydrogen-bond acceptors (Lipinski definition) is 4. The molecule has 4 rings (SSSR count). The van der Waals surface area contributed by atoms with Crippen LogP contribution in [0.5, 0.6) is 5.75 Å². The number of nitrogens with zero attached hydrogens (tertiary/aromatic N) is 2. The molecule has 35 heavy (non-hydrogen) atoms. The first-order valence-corrected chi connectivity index (χ1v) is 11.2. The van der Waals surface area contributed by atoms with Gasteiger partial charge in [-0.1, -0.05) is 48.5 Å². The van der Waals surface area contributed by atoms with Gasteiger partial charge >= 0.3 is 12.1 Å². The zero-order valence-electron chi connectivity index (χ0n) is 18.9. The first-order chi connectivity index (χ1) is 16.7. The van der Waals surface area contributed by atoms with Crippen LogP contribution in [0.15, 0.2) is 71.7 Å². The number of aliphatic hydroxyl groups excluding tert-OH is 1. The summed E-state index contributed by atoms with van der Waals surface area (Å²) in [5.74, 6) is -1.41. The maximum Gasteiger partial charge on any atom is 0.471 e. The third-order valence-corrected chi connectivity index (χ3v) is 6.03. The van der Waals surface area contributed by atoms with Crippen molar-refractivity contribution in [1.29, 1.82) is 0 Å². The van der Waals surface area contributed by atoms with Crippen LogP contribution >= 0.6 is 0 Å². The molecule has 0 spiro atoms. The van der Waals surface area contributed by atoms with E-state index in [0.29, 0.717) is 24.3 Å². The third kappa shape index (κ3) is 6.10. The molecule has 1 aromatic heterocycles. The van der Waals surface area contributed by atoms with Gasteiger partial charge in [0.1, 0.15) is 12.4 Å². The highest BCUT2D eigenvalue weighted by Crippen LogP contribution is 2.25. The van der Waals surface area contributed by atoms with Gasteiger partial charge in [-0.2, -0.15) is 13.2 Å². The SMILES string of the molecule is O=C(N1CCc2ccc(C(O)Cn3ccc(OCc4ccccc4)cc3=O)cc2CC1)C(F)(F)F. The summed E-state index contributed by atoms with van der Waals surface area (Å²) in [7, 11) is 0. The molecule has 0 fully saturated rings. The highest BCUT2D eigenvalue weighted by Gasteiger charge is 2.42. The van der Waals surface area contributed by atoms with Gasteiger partial charge in [0.15, 0.2) is 0 Å². The average molecular weight is 486 g/mol. The van der Waals surface area contributed by atoms with Crippen LogP contribution in [0.25, 0.3) is 0 Å². The van der Waals surface area contributed by atoms with Crippen molar-refractivity contribution in [3.63, 3.8) is 0 Å². The Hall–Kier alpha value is -3.59. The van der Waals surface area contributed by atoms with E-state index < -0.39 is 18.2 Å². The van der Waals surface area contributed by atoms with Crippen LogP contribution in [-0.2, 0) is 30.8 Å². The predicted molar refractivity (Wildman–Crippen MR) is 123 cm³/mol. The number of rotatable bonds is 6. The zero-order valence-corrected chi connectivity index (χ0v) is 18.9. The molecule has 184 valence electrons. The molecule has 0 aliphatic carbocycles. The number of halogens is 3. The Morgan fingerprint density at radius 3 is 2.40 bits per heavy atom. The van der Waals surface area contributed by atoms with Crippen molar-refractivity contribution in [2.45, 2.75) is 38.3 Å². The Morgan fingerprint density at radius 2 is 1.71 bits per heavy atom. The van der Waals surface area contributed by atoms with E-state index in [1.54, 1.807) is 30.5 Å². The van der Waals surface area contributed by atoms with E-state index in [-0.39, 0.29) is 31.6 Å². The molecule has 1 amide bonds. The lowest BCUT2D eigenvalue weighted by molar-refractivity contribution is -0.185. The fourth-order valence-corrected chi connectivity index (χ4v) is 4.10. The van der Waals surface area contributed by atoms with Crippen molar-refractivity contribution in [3.8, 4) is 5.75 Å². The molecule has 6 nitrogen and oxygen atoms in total. The summed E-state index contributed by atoms with van der Waals surface area (Å²) in [5, 5.41) is 10.7. The topological polar surface area (TPSA) is 71.8 Å². The number of ether oxygens (including phenoxy) is 1. The Kier molecular flexibility index (Phi) is 7.25. The van der Waals surface area contributed by atoms with E-state index in [1.165, 1.54) is 10.6 Å². The number of pyridine rings is 1. The Morgan fingerprint density at radius 1 is 1.00 bits per heavy atom. The summed E-state index contributed by atoms with van der Waals surface area (Å²) in [6, 6.07) is 17.8. The molecule has 0 saturated heterocycles. The van der Waals surface area contributed by atoms with Crippen molar-refractivity contribution < 1.29 is 27.8 Å². The van der Waals surface area contributed by atoms with E-state index in [4.69, 9.17) is 4.74 Å². The number of hydrogen-bond donors (Lipinski definition) is 1. The van der Waals surface area contributed by atoms with Crippen molar-refractivity contribution in [1.82, 2.24) is 9.47 Å². The van der Waals surface area contributed by atoms with Crippen LogP contribution in [0.4, 0.5) is 13.2 Å². The third-order valence-electron chi connectivity index (χ3n) is 6.03. The van der Waals surface area contributed by atoms with E-state index in [1.807, 2.05) is 30.3 Å². The zero-order chi connectivity index (χ0) is 25.0. The van der Waals surface area contributed by atoms with Gasteiger partial charge in [-0.3, -0.25) is 9.59 Å². The molecule has 0 bridgehead atoms. The monoisotopic (exact) mass is 486 g/mol. The van der Waals surface area contributed by atoms with Gasteiger partial charge in [0.25, 0.3) is 5.56 Å². The maximum atomic E-state index is 12.8. The normalized spacial score (nSPS) is 14.7. The second-order valence-corrected chi connectivity index (χ2v) is 8.46. The first kappa shape index (κ1) is 24.5. The summed E-state index contributed by atoms with van der Waals surface area (Å²) in [6.45, 7) is 0.277. The number of aliphatic hydroxyl groups is 1. The number of fused-ring (bicyclic) bond motifs is 1. The minimum atomic E-state index is -4.90. The van der Waals surface area contributed by atoms with E-state index in [2.05, 4.69) is 0 Å². The molecular weight excluding hydrogens is 461 g/mol. The van der Waals surface area contributed by atoms with Crippen LogP contribution in [0.3, 0.4) is 0 Å². The lowest BCUT2D eigenvalue weighted by atomic mass is 9.97. The van der Waals surface area contributed by atoms with Gasteiger partial charge in [0.2, 0.25) is 0 Å². The van der Waals surface area contributed by atoms with Crippen LogP contribution in [0, 0.1) is 0 Å². The fourth-order valence-electron chi connectivity index (χ4n) is 4.10. The van der Waals surface area contributed by atoms with Gasteiger partial charge < -0.3 is 19.3 Å². The number of amides is 1. The molecular formula is C26H25F3N2O4. The molecule has 1 N–H and O–H groups in total. The highest BCUT2D eigenvalue weighted by molar-refractivity contribution is 5.82. The summed E-state index contributed by atoms with van der Waals surface area (Å²) in [6.07, 6.45) is -3.78. The molecule has 1 aliphatic heterocycles. The van der Waals surface area contributed by atoms with Gasteiger partial charge in [0.05, 0.1) is 12.6 Å². The number of carbonyl (C=O) groups is 1. The molecule has 9 heteroatoms. The Bertz CT molecular complexity index is 1240. The first-order valence-electron chi connectivity index (χ1n) is 11.2. The molecule has 2 heterocycles. The molecule has 1 aliphatic rings. The smallest absolute Gasteiger partial charge is 0.471 e. The lowest BCUT2D eigenvalue weighted by Crippen LogP contribution is -2.42. The largest absolute Gasteiger partial charge is 0.489 e. The van der Waals surface area contributed by atoms with Crippen molar-refractivity contribution in [3.05, 3.63) is 99.5 Å². The highest BCUT2D eigenvalue weighted by atomic mass is 19.4. The van der Waals surface area contributed by atoms with Gasteiger partial charge in [0, 0.05) is 25.4 Å². The fraction of sp³-hybridized carbons (Fsp3) is 0.308. The molecule has 0 saturated carbocycles. The minimum absolute atomic E-state index is 0.00920. The van der Waals surface area contributed by atoms with Crippen molar-refractivity contribution in [2.75, 3.05) is 13.1 Å². The van der Waals surface area contributed by atoms with Gasteiger partial charge in [-0.05, 0) is 41.2 Å². The molecule has 1 atom stereocenters. The number of aromatic nitrogens is 1. The molecule has 3 aromatic rings. The summed E-state index contributed by atoms with van der Waals surface area (Å²) in [5.41, 5.74) is 2.83. The standard InChI is InChI=1S/C26H25F3N2O4/c27-26(28,29)25(34)30-11-8-19-6-7-21(14-20(19)9-12-30)23(32)16-31-13-10-22(15-24(31)33)35-17-18-4-2-1-3-5-18/h1-7,10,13-15,23,32H,8-9,11-12,16-17H2. The predicted octanol–water partition coefficient (Wildman–Crippen LogP) is 3.65. The second kappa shape index (κ2) is 10.4. The average Bonchev–Trinajstić information content (AvgIpc) is 3.06. The van der Waals surface area contributed by atoms with E-state index in [0.717, 1.165) is 21.6 Å². The summed E-state index contributed by atoms with van der Waals surface area (Å²) in [4.78, 5) is 24.9. The van der Waals surface area contributed by atoms with Crippen molar-refractivity contribution in [2.24, 2.45) is 0 Å². The quantitative estimate of drug-likeness (QED) is 0.578. The number of carbonyl (C=O) groups excluding carboxylic acids is 1. The van der Waals surface area contributed by atoms with Gasteiger partial charge in [-0.15, -0.1) is 0 Å². The minimum Gasteiger partial charge on any atom is -0.489 e. The van der Waals surface area contributed by atoms with E-state index in [9.17, 15) is 27.9 Å². The van der Waals surface area contributed by atoms with Crippen LogP contribution in [-0.4, -0.2) is 39.7 Å². The van der Waals surface area contributed by atoms with E-state index >= 15 is 0 Å². The van der Waals surface area contributed by atoms with Crippen molar-refractivity contribution >= 4 is 5.91 Å². The summed E-state index contributed by atoms with van der Waals surface area (Å²) >= 11 is 0. The number of benzene rings is 2. The van der Waals surface area contributed by atoms with Crippen LogP contribution in [0.1, 0.15) is 28.4 Å². The Balaban J connectivity index is 1.40. The number of alkyl halides is 3. The van der Waals surface area contributed by atoms with Gasteiger partial charge in [-0.25, -0.2) is 0 Å². The van der Waals surface area contributed by atoms with Crippen LogP contribution in [0.2, 0.25) is 0 Å². The second-order valence-electron chi connectivity index (χ2n) is 8.46. The maximum absolute atomic E-state index is 12.8. The lowest BCUT2D eigenvalue weighted by Gasteiger charge is -2.21. The Labute approximate surface area is 200 Å². The molecule has 2 aromatic carbocycles. The van der Waals surface area contributed by atoms with Crippen LogP contribution < -0.4 is 10.3 Å².